The topological polar surface area (TPSA) is 52.6 Å². The molecule has 2 atom stereocenters. The molecule has 0 aromatic heterocycles. The summed E-state index contributed by atoms with van der Waals surface area (Å²) >= 11 is 0. The smallest absolute Gasteiger partial charge is 0.232 e. The predicted molar refractivity (Wildman–Crippen MR) is 67.8 cm³/mol. The fourth-order valence-electron chi connectivity index (χ4n) is 1.76. The van der Waals surface area contributed by atoms with E-state index in [2.05, 4.69) is 0 Å². The molecule has 0 aromatic rings. The average molecular weight is 285 g/mol. The molecule has 2 unspecified atom stereocenters. The van der Waals surface area contributed by atoms with Crippen LogP contribution in [0.5, 0.6) is 0 Å². The predicted octanol–water partition coefficient (Wildman–Crippen LogP) is 2.17. The van der Waals surface area contributed by atoms with Gasteiger partial charge in [0, 0.05) is 23.9 Å². The quantitative estimate of drug-likeness (QED) is 0.506. The molecule has 1 rings (SSSR count). The normalized spacial score (nSPS) is 22.8. The van der Waals surface area contributed by atoms with E-state index >= 15 is 0 Å². The average Bonchev–Trinajstić information content (AvgIpc) is 2.73. The Bertz CT molecular complexity index is 299. The molecule has 0 aromatic carbocycles. The lowest BCUT2D eigenvalue weighted by molar-refractivity contribution is 0.0137. The molecule has 17 heavy (non-hydrogen) atoms. The Kier molecular flexibility index (Phi) is 6.77. The maximum atomic E-state index is 10.8. The van der Waals surface area contributed by atoms with Crippen LogP contribution in [0.15, 0.2) is 0 Å². The summed E-state index contributed by atoms with van der Waals surface area (Å²) in [7, 11) is 1.80. The minimum atomic E-state index is -3.35. The molecule has 1 aliphatic rings. The van der Waals surface area contributed by atoms with Gasteiger partial charge in [0.15, 0.2) is 0 Å². The van der Waals surface area contributed by atoms with Gasteiger partial charge in [0.25, 0.3) is 0 Å². The van der Waals surface area contributed by atoms with Gasteiger partial charge in [-0.2, -0.15) is 0 Å². The summed E-state index contributed by atoms with van der Waals surface area (Å²) in [5.74, 6) is 0.356. The molecule has 102 valence electrons. The van der Waals surface area contributed by atoms with E-state index in [9.17, 15) is 8.42 Å². The Balaban J connectivity index is 1.98. The molecule has 0 amide bonds. The first kappa shape index (κ1) is 15.2. The lowest BCUT2D eigenvalue weighted by atomic mass is 10.1. The summed E-state index contributed by atoms with van der Waals surface area (Å²) in [4.78, 5) is 0. The minimum Gasteiger partial charge on any atom is -0.379 e. The molecule has 0 aliphatic carbocycles. The third-order valence-electron chi connectivity index (χ3n) is 2.94. The van der Waals surface area contributed by atoms with Crippen LogP contribution in [0, 0.1) is 5.92 Å². The SMILES string of the molecule is CC(CCOCC1CCCO1)CCS(=O)(=O)Cl. The zero-order valence-electron chi connectivity index (χ0n) is 10.2. The molecule has 0 bridgehead atoms. The van der Waals surface area contributed by atoms with Crippen molar-refractivity contribution in [1.29, 1.82) is 0 Å². The number of hydrogen-bond donors (Lipinski definition) is 0. The highest BCUT2D eigenvalue weighted by atomic mass is 35.7. The van der Waals surface area contributed by atoms with E-state index in [1.54, 1.807) is 0 Å². The minimum absolute atomic E-state index is 0.0431. The third kappa shape index (κ3) is 7.97. The van der Waals surface area contributed by atoms with E-state index in [1.807, 2.05) is 6.92 Å². The molecule has 1 saturated heterocycles. The van der Waals surface area contributed by atoms with Crippen LogP contribution in [-0.4, -0.2) is 40.1 Å². The van der Waals surface area contributed by atoms with Crippen molar-refractivity contribution >= 4 is 19.7 Å². The van der Waals surface area contributed by atoms with Crippen LogP contribution < -0.4 is 0 Å². The van der Waals surface area contributed by atoms with Crippen molar-refractivity contribution in [1.82, 2.24) is 0 Å². The van der Waals surface area contributed by atoms with Crippen molar-refractivity contribution in [3.8, 4) is 0 Å². The maximum Gasteiger partial charge on any atom is 0.232 e. The van der Waals surface area contributed by atoms with Gasteiger partial charge < -0.3 is 9.47 Å². The van der Waals surface area contributed by atoms with Crippen LogP contribution in [0.1, 0.15) is 32.6 Å². The highest BCUT2D eigenvalue weighted by molar-refractivity contribution is 8.13. The van der Waals surface area contributed by atoms with Crippen molar-refractivity contribution in [2.24, 2.45) is 5.92 Å². The zero-order valence-corrected chi connectivity index (χ0v) is 11.8. The van der Waals surface area contributed by atoms with Crippen molar-refractivity contribution in [3.05, 3.63) is 0 Å². The Labute approximate surface area is 108 Å². The standard InChI is InChI=1S/C11H21ClO4S/c1-10(5-8-17(12,13)14)4-7-15-9-11-3-2-6-16-11/h10-11H,2-9H2,1H3. The van der Waals surface area contributed by atoms with E-state index in [0.717, 1.165) is 25.9 Å². The number of rotatable bonds is 8. The molecule has 6 heteroatoms. The van der Waals surface area contributed by atoms with Crippen LogP contribution in [0.2, 0.25) is 0 Å². The van der Waals surface area contributed by atoms with Gasteiger partial charge in [-0.05, 0) is 31.6 Å². The van der Waals surface area contributed by atoms with E-state index in [1.165, 1.54) is 0 Å². The fraction of sp³-hybridized carbons (Fsp3) is 1.00. The van der Waals surface area contributed by atoms with Gasteiger partial charge in [0.1, 0.15) is 0 Å². The van der Waals surface area contributed by atoms with E-state index in [-0.39, 0.29) is 11.9 Å². The zero-order chi connectivity index (χ0) is 12.7. The molecule has 0 spiro atoms. The van der Waals surface area contributed by atoms with Gasteiger partial charge in [-0.1, -0.05) is 6.92 Å². The molecule has 0 saturated carbocycles. The number of halogens is 1. The Morgan fingerprint density at radius 3 is 2.82 bits per heavy atom. The fourth-order valence-corrected chi connectivity index (χ4v) is 2.71. The lowest BCUT2D eigenvalue weighted by Crippen LogP contribution is -2.15. The molecular formula is C11H21ClO4S. The van der Waals surface area contributed by atoms with Crippen LogP contribution in [0.25, 0.3) is 0 Å². The summed E-state index contributed by atoms with van der Waals surface area (Å²) in [6, 6.07) is 0. The van der Waals surface area contributed by atoms with Gasteiger partial charge in [-0.25, -0.2) is 8.42 Å². The summed E-state index contributed by atoms with van der Waals surface area (Å²) in [5, 5.41) is 0. The first-order chi connectivity index (χ1) is 7.97. The third-order valence-corrected chi connectivity index (χ3v) is 4.12. The van der Waals surface area contributed by atoms with Gasteiger partial charge >= 0.3 is 0 Å². The molecule has 1 aliphatic heterocycles. The van der Waals surface area contributed by atoms with E-state index in [4.69, 9.17) is 20.2 Å². The summed E-state index contributed by atoms with van der Waals surface area (Å²) in [5.41, 5.74) is 0. The second kappa shape index (κ2) is 7.56. The van der Waals surface area contributed by atoms with Crippen molar-refractivity contribution in [2.75, 3.05) is 25.6 Å². The molecule has 0 radical (unpaired) electrons. The molecular weight excluding hydrogens is 264 g/mol. The van der Waals surface area contributed by atoms with Gasteiger partial charge in [-0.15, -0.1) is 0 Å². The lowest BCUT2D eigenvalue weighted by Gasteiger charge is -2.13. The monoisotopic (exact) mass is 284 g/mol. The highest BCUT2D eigenvalue weighted by Crippen LogP contribution is 2.14. The largest absolute Gasteiger partial charge is 0.379 e. The Hall–Kier alpha value is 0.160. The molecule has 1 fully saturated rings. The summed E-state index contributed by atoms with van der Waals surface area (Å²) < 4.78 is 32.5. The van der Waals surface area contributed by atoms with Gasteiger partial charge in [-0.3, -0.25) is 0 Å². The molecule has 1 heterocycles. The first-order valence-corrected chi connectivity index (χ1v) is 8.57. The van der Waals surface area contributed by atoms with E-state index < -0.39 is 9.05 Å². The highest BCUT2D eigenvalue weighted by Gasteiger charge is 2.15. The Morgan fingerprint density at radius 2 is 2.24 bits per heavy atom. The van der Waals surface area contributed by atoms with Crippen LogP contribution >= 0.6 is 10.7 Å². The number of ether oxygens (including phenoxy) is 2. The Morgan fingerprint density at radius 1 is 1.47 bits per heavy atom. The first-order valence-electron chi connectivity index (χ1n) is 6.09. The van der Waals surface area contributed by atoms with Crippen LogP contribution in [0.3, 0.4) is 0 Å². The summed E-state index contributed by atoms with van der Waals surface area (Å²) in [6.45, 7) is 4.17. The maximum absolute atomic E-state index is 10.8. The van der Waals surface area contributed by atoms with E-state index in [0.29, 0.717) is 25.6 Å². The van der Waals surface area contributed by atoms with Crippen molar-refractivity contribution in [3.63, 3.8) is 0 Å². The number of hydrogen-bond acceptors (Lipinski definition) is 4. The molecule has 0 N–H and O–H groups in total. The second-order valence-electron chi connectivity index (χ2n) is 4.64. The van der Waals surface area contributed by atoms with Crippen molar-refractivity contribution in [2.45, 2.75) is 38.7 Å². The summed E-state index contributed by atoms with van der Waals surface area (Å²) in [6.07, 6.45) is 3.92. The van der Waals surface area contributed by atoms with Gasteiger partial charge in [0.05, 0.1) is 18.5 Å². The van der Waals surface area contributed by atoms with Crippen LogP contribution in [0.4, 0.5) is 0 Å². The molecule has 4 nitrogen and oxygen atoms in total. The van der Waals surface area contributed by atoms with Gasteiger partial charge in [0.2, 0.25) is 9.05 Å². The second-order valence-corrected chi connectivity index (χ2v) is 7.53. The van der Waals surface area contributed by atoms with Crippen LogP contribution in [-0.2, 0) is 18.5 Å². The van der Waals surface area contributed by atoms with Crippen molar-refractivity contribution < 1.29 is 17.9 Å².